The number of rotatable bonds is 7. The molecule has 1 aromatic carbocycles. The van der Waals surface area contributed by atoms with E-state index in [4.69, 9.17) is 4.74 Å². The Labute approximate surface area is 177 Å². The number of halogens is 3. The van der Waals surface area contributed by atoms with Crippen molar-refractivity contribution in [3.05, 3.63) is 66.2 Å². The third kappa shape index (κ3) is 5.33. The van der Waals surface area contributed by atoms with Crippen LogP contribution in [0.3, 0.4) is 0 Å². The van der Waals surface area contributed by atoms with E-state index in [0.29, 0.717) is 35.9 Å². The molecule has 1 unspecified atom stereocenters. The highest BCUT2D eigenvalue weighted by Gasteiger charge is 2.31. The van der Waals surface area contributed by atoms with Gasteiger partial charge in [-0.1, -0.05) is 18.2 Å². The Kier molecular flexibility index (Phi) is 6.78. The highest BCUT2D eigenvalue weighted by Crippen LogP contribution is 2.28. The van der Waals surface area contributed by atoms with Crippen molar-refractivity contribution in [2.75, 3.05) is 13.2 Å². The number of likely N-dealkylation sites (N-methyl/N-ethyl adjacent to an activating group) is 1. The number of alkyl halides is 3. The van der Waals surface area contributed by atoms with Crippen LogP contribution in [0.25, 0.3) is 11.4 Å². The largest absolute Gasteiger partial charge is 0.461 e. The van der Waals surface area contributed by atoms with E-state index in [9.17, 15) is 18.0 Å². The van der Waals surface area contributed by atoms with Gasteiger partial charge in [0.2, 0.25) is 0 Å². The van der Waals surface area contributed by atoms with Crippen LogP contribution >= 0.6 is 0 Å². The van der Waals surface area contributed by atoms with E-state index in [-0.39, 0.29) is 18.5 Å². The molecule has 0 aliphatic heterocycles. The van der Waals surface area contributed by atoms with Gasteiger partial charge in [0.05, 0.1) is 17.2 Å². The highest BCUT2D eigenvalue weighted by molar-refractivity contribution is 6.00. The van der Waals surface area contributed by atoms with Crippen LogP contribution in [0, 0.1) is 0 Å². The number of ether oxygens (including phenoxy) is 1. The zero-order chi connectivity index (χ0) is 22.4. The molecule has 0 aliphatic rings. The summed E-state index contributed by atoms with van der Waals surface area (Å²) in [5, 5.41) is 0. The molecule has 162 valence electrons. The lowest BCUT2D eigenvalue weighted by atomic mass is 10.0. The maximum atomic E-state index is 13.2. The lowest BCUT2D eigenvalue weighted by Crippen LogP contribution is -2.42. The van der Waals surface area contributed by atoms with Gasteiger partial charge in [0.25, 0.3) is 5.91 Å². The number of nitrogens with zero attached hydrogens (tertiary/aromatic N) is 5. The summed E-state index contributed by atoms with van der Waals surface area (Å²) in [6.07, 6.45) is -0.00574. The van der Waals surface area contributed by atoms with Gasteiger partial charge in [-0.2, -0.15) is 13.2 Å². The zero-order valence-corrected chi connectivity index (χ0v) is 16.9. The van der Waals surface area contributed by atoms with Crippen molar-refractivity contribution >= 4 is 5.91 Å². The first kappa shape index (κ1) is 22.1. The summed E-state index contributed by atoms with van der Waals surface area (Å²) in [5.74, 6) is 0.194. The van der Waals surface area contributed by atoms with Gasteiger partial charge in [0, 0.05) is 36.9 Å². The second-order valence-corrected chi connectivity index (χ2v) is 6.62. The first-order chi connectivity index (χ1) is 14.8. The molecule has 10 heteroatoms. The molecule has 0 bridgehead atoms. The van der Waals surface area contributed by atoms with Gasteiger partial charge >= 0.3 is 12.2 Å². The predicted octanol–water partition coefficient (Wildman–Crippen LogP) is 3.88. The maximum absolute atomic E-state index is 13.2. The molecule has 0 fully saturated rings. The van der Waals surface area contributed by atoms with Crippen molar-refractivity contribution in [1.82, 2.24) is 24.8 Å². The van der Waals surface area contributed by atoms with Crippen LogP contribution < -0.4 is 4.74 Å². The molecule has 0 saturated heterocycles. The van der Waals surface area contributed by atoms with Crippen LogP contribution in [-0.4, -0.2) is 49.9 Å². The second kappa shape index (κ2) is 9.50. The molecule has 2 heterocycles. The molecule has 0 aliphatic carbocycles. The maximum Gasteiger partial charge on any atom is 0.419 e. The minimum atomic E-state index is -4.52. The third-order valence-corrected chi connectivity index (χ3v) is 4.51. The number of hydrogen-bond acceptors (Lipinski definition) is 6. The molecule has 1 amide bonds. The molecule has 0 saturated carbocycles. The summed E-state index contributed by atoms with van der Waals surface area (Å²) < 4.78 is 43.3. The normalized spacial score (nSPS) is 12.3. The Balaban J connectivity index is 1.73. The molecule has 0 radical (unpaired) electrons. The van der Waals surface area contributed by atoms with Gasteiger partial charge < -0.3 is 9.64 Å². The molecular weight excluding hydrogens is 411 g/mol. The van der Waals surface area contributed by atoms with Crippen molar-refractivity contribution in [1.29, 1.82) is 0 Å². The number of benzene rings is 1. The number of aromatic nitrogens is 4. The minimum absolute atomic E-state index is 0.00888. The lowest BCUT2D eigenvalue weighted by Gasteiger charge is -2.28. The Morgan fingerprint density at radius 1 is 1.06 bits per heavy atom. The van der Waals surface area contributed by atoms with Gasteiger partial charge in [-0.3, -0.25) is 4.79 Å². The SMILES string of the molecule is CCN(C(=O)c1ccccc1-c1ncccn1)C(C)COc1ncc(C(F)(F)F)cn1. The van der Waals surface area contributed by atoms with E-state index in [1.54, 1.807) is 54.5 Å². The van der Waals surface area contributed by atoms with Crippen molar-refractivity contribution in [2.45, 2.75) is 26.1 Å². The van der Waals surface area contributed by atoms with Gasteiger partial charge in [-0.25, -0.2) is 19.9 Å². The van der Waals surface area contributed by atoms with E-state index >= 15 is 0 Å². The van der Waals surface area contributed by atoms with E-state index in [0.717, 1.165) is 0 Å². The Hall–Kier alpha value is -3.56. The molecule has 2 aromatic heterocycles. The van der Waals surface area contributed by atoms with Crippen molar-refractivity contribution in [3.63, 3.8) is 0 Å². The van der Waals surface area contributed by atoms with Crippen LogP contribution in [0.1, 0.15) is 29.8 Å². The van der Waals surface area contributed by atoms with Gasteiger partial charge in [0.15, 0.2) is 5.82 Å². The number of hydrogen-bond donors (Lipinski definition) is 0. The van der Waals surface area contributed by atoms with E-state index in [1.165, 1.54) is 0 Å². The average molecular weight is 431 g/mol. The highest BCUT2D eigenvalue weighted by atomic mass is 19.4. The summed E-state index contributed by atoms with van der Waals surface area (Å²) in [7, 11) is 0. The van der Waals surface area contributed by atoms with Crippen LogP contribution in [0.15, 0.2) is 55.1 Å². The Morgan fingerprint density at radius 3 is 2.32 bits per heavy atom. The minimum Gasteiger partial charge on any atom is -0.461 e. The van der Waals surface area contributed by atoms with E-state index in [1.807, 2.05) is 6.92 Å². The van der Waals surface area contributed by atoms with Gasteiger partial charge in [-0.15, -0.1) is 0 Å². The van der Waals surface area contributed by atoms with Crippen molar-refractivity contribution in [2.24, 2.45) is 0 Å². The fraction of sp³-hybridized carbons (Fsp3) is 0.286. The smallest absolute Gasteiger partial charge is 0.419 e. The van der Waals surface area contributed by atoms with Crippen LogP contribution in [0.4, 0.5) is 13.2 Å². The fourth-order valence-electron chi connectivity index (χ4n) is 2.94. The van der Waals surface area contributed by atoms with Crippen molar-refractivity contribution in [3.8, 4) is 17.4 Å². The number of carbonyl (C=O) groups is 1. The molecule has 3 aromatic rings. The third-order valence-electron chi connectivity index (χ3n) is 4.51. The molecule has 0 N–H and O–H groups in total. The second-order valence-electron chi connectivity index (χ2n) is 6.62. The monoisotopic (exact) mass is 431 g/mol. The first-order valence-corrected chi connectivity index (χ1v) is 9.50. The molecular formula is C21H20F3N5O2. The fourth-order valence-corrected chi connectivity index (χ4v) is 2.94. The molecule has 3 rings (SSSR count). The zero-order valence-electron chi connectivity index (χ0n) is 16.9. The van der Waals surface area contributed by atoms with E-state index < -0.39 is 17.8 Å². The van der Waals surface area contributed by atoms with Crippen molar-refractivity contribution < 1.29 is 22.7 Å². The number of amides is 1. The molecule has 0 spiro atoms. The molecule has 1 atom stereocenters. The summed E-state index contributed by atoms with van der Waals surface area (Å²) >= 11 is 0. The van der Waals surface area contributed by atoms with Crippen LogP contribution in [0.5, 0.6) is 6.01 Å². The Morgan fingerprint density at radius 2 is 1.71 bits per heavy atom. The topological polar surface area (TPSA) is 81.1 Å². The van der Waals surface area contributed by atoms with Gasteiger partial charge in [0.1, 0.15) is 6.61 Å². The Bertz CT molecular complexity index is 1010. The van der Waals surface area contributed by atoms with Crippen LogP contribution in [-0.2, 0) is 6.18 Å². The first-order valence-electron chi connectivity index (χ1n) is 9.50. The molecule has 7 nitrogen and oxygen atoms in total. The summed E-state index contributed by atoms with van der Waals surface area (Å²) in [6, 6.07) is 8.12. The number of carbonyl (C=O) groups excluding carboxylic acids is 1. The summed E-state index contributed by atoms with van der Waals surface area (Å²) in [5.41, 5.74) is 0.0805. The van der Waals surface area contributed by atoms with Gasteiger partial charge in [-0.05, 0) is 26.0 Å². The summed E-state index contributed by atoms with van der Waals surface area (Å²) in [6.45, 7) is 3.99. The van der Waals surface area contributed by atoms with E-state index in [2.05, 4.69) is 19.9 Å². The average Bonchev–Trinajstić information content (AvgIpc) is 2.78. The standard InChI is InChI=1S/C21H20F3N5O2/c1-3-29(14(2)13-31-20-27-11-15(12-28-20)21(22,23)24)19(30)17-8-5-4-7-16(17)18-25-9-6-10-26-18/h4-12,14H,3,13H2,1-2H3. The van der Waals surface area contributed by atoms with Crippen LogP contribution in [0.2, 0.25) is 0 Å². The quantitative estimate of drug-likeness (QED) is 0.565. The molecule has 31 heavy (non-hydrogen) atoms. The summed E-state index contributed by atoms with van der Waals surface area (Å²) in [4.78, 5) is 30.4. The predicted molar refractivity (Wildman–Crippen MR) is 106 cm³/mol. The lowest BCUT2D eigenvalue weighted by molar-refractivity contribution is -0.138.